The van der Waals surface area contributed by atoms with Crippen LogP contribution >= 0.6 is 0 Å². The maximum Gasteiger partial charge on any atom is 0.289 e. The second-order valence-electron chi connectivity index (χ2n) is 16.3. The number of amides is 5. The van der Waals surface area contributed by atoms with Crippen molar-refractivity contribution in [2.45, 2.75) is 142 Å². The molecular weight excluding hydrogens is 638 g/mol. The van der Waals surface area contributed by atoms with Crippen LogP contribution in [0.3, 0.4) is 0 Å². The molecule has 3 N–H and O–H groups in total. The molecule has 13 nitrogen and oxygen atoms in total. The third kappa shape index (κ3) is 6.88. The number of likely N-dealkylation sites (tertiary alicyclic amines) is 2. The number of nitrogens with one attached hydrogen (secondary N) is 3. The fourth-order valence-corrected chi connectivity index (χ4v) is 8.65. The van der Waals surface area contributed by atoms with Crippen molar-refractivity contribution < 1.29 is 28.8 Å². The van der Waals surface area contributed by atoms with Gasteiger partial charge >= 0.3 is 0 Å². The predicted octanol–water partition coefficient (Wildman–Crippen LogP) is 2.79. The Morgan fingerprint density at radius 1 is 0.980 bits per heavy atom. The van der Waals surface area contributed by atoms with E-state index >= 15 is 0 Å². The van der Waals surface area contributed by atoms with Crippen molar-refractivity contribution in [3.63, 3.8) is 0 Å². The van der Waals surface area contributed by atoms with E-state index in [1.165, 1.54) is 18.6 Å². The molecule has 50 heavy (non-hydrogen) atoms. The van der Waals surface area contributed by atoms with Crippen molar-refractivity contribution >= 4 is 35.3 Å². The van der Waals surface area contributed by atoms with Crippen molar-refractivity contribution in [2.24, 2.45) is 23.2 Å². The molecule has 7 atom stereocenters. The molecule has 2 saturated heterocycles. The second-order valence-corrected chi connectivity index (χ2v) is 16.3. The van der Waals surface area contributed by atoms with Gasteiger partial charge in [-0.3, -0.25) is 33.8 Å². The van der Waals surface area contributed by atoms with Gasteiger partial charge in [0.1, 0.15) is 29.9 Å². The Kier molecular flexibility index (Phi) is 11.0. The zero-order valence-corrected chi connectivity index (χ0v) is 30.7. The smallest absolute Gasteiger partial charge is 0.289 e. The summed E-state index contributed by atoms with van der Waals surface area (Å²) in [6.45, 7) is 13.6. The van der Waals surface area contributed by atoms with Crippen LogP contribution in [0.5, 0.6) is 0 Å². The maximum atomic E-state index is 14.6. The summed E-state index contributed by atoms with van der Waals surface area (Å²) < 4.78 is 0. The molecule has 3 heterocycles. The molecule has 2 saturated carbocycles. The molecule has 2 aliphatic carbocycles. The summed E-state index contributed by atoms with van der Waals surface area (Å²) in [6, 6.07) is -3.73. The number of aromatic nitrogens is 2. The molecular formula is C37H55N7O6. The van der Waals surface area contributed by atoms with Crippen LogP contribution in [0, 0.1) is 23.2 Å². The van der Waals surface area contributed by atoms with Gasteiger partial charge in [0.05, 0.1) is 11.7 Å². The van der Waals surface area contributed by atoms with Gasteiger partial charge in [-0.05, 0) is 56.3 Å². The van der Waals surface area contributed by atoms with Crippen LogP contribution in [0.2, 0.25) is 0 Å². The van der Waals surface area contributed by atoms with E-state index in [-0.39, 0.29) is 41.3 Å². The molecule has 0 radical (unpaired) electrons. The lowest BCUT2D eigenvalue weighted by molar-refractivity contribution is -0.181. The zero-order valence-electron chi connectivity index (χ0n) is 30.7. The van der Waals surface area contributed by atoms with Crippen LogP contribution in [0.15, 0.2) is 18.6 Å². The van der Waals surface area contributed by atoms with Crippen LogP contribution in [0.1, 0.15) is 117 Å². The summed E-state index contributed by atoms with van der Waals surface area (Å²) in [4.78, 5) is 94.2. The average Bonchev–Trinajstić information content (AvgIpc) is 3.81. The van der Waals surface area contributed by atoms with Gasteiger partial charge in [0.2, 0.25) is 23.5 Å². The van der Waals surface area contributed by atoms with Crippen LogP contribution in [-0.4, -0.2) is 97.4 Å². The number of hydrogen-bond donors (Lipinski definition) is 3. The highest BCUT2D eigenvalue weighted by Crippen LogP contribution is 2.57. The largest absolute Gasteiger partial charge is 0.347 e. The molecule has 2 aliphatic heterocycles. The highest BCUT2D eigenvalue weighted by atomic mass is 16.2. The van der Waals surface area contributed by atoms with Gasteiger partial charge in [-0.1, -0.05) is 67.2 Å². The van der Waals surface area contributed by atoms with Crippen LogP contribution < -0.4 is 16.0 Å². The number of carbonyl (C=O) groups excluding carboxylic acids is 6. The minimum atomic E-state index is -0.985. The maximum absolute atomic E-state index is 14.6. The first kappa shape index (κ1) is 37.4. The SMILES string of the molecule is CCC[C@@H](C(=O)C(=O)N[C@@H](C)C(C)C)N1C(=O)[C@H]2N(C(=O)[C@@H](NC(=O)[C@@H](NC(=O)c3cnccn3)C3CCCC3)C(C)(C)C)C[C@@H]3CCCC321. The number of carbonyl (C=O) groups is 6. The lowest BCUT2D eigenvalue weighted by Crippen LogP contribution is -2.80. The Morgan fingerprint density at radius 3 is 2.28 bits per heavy atom. The highest BCUT2D eigenvalue weighted by molar-refractivity contribution is 6.38. The van der Waals surface area contributed by atoms with Gasteiger partial charge in [0, 0.05) is 30.9 Å². The number of hydrogen-bond acceptors (Lipinski definition) is 8. The third-order valence-electron chi connectivity index (χ3n) is 11.6. The Bertz CT molecular complexity index is 1470. The summed E-state index contributed by atoms with van der Waals surface area (Å²) in [7, 11) is 0. The van der Waals surface area contributed by atoms with E-state index in [4.69, 9.17) is 0 Å². The normalized spacial score (nSPS) is 25.6. The Hall–Kier alpha value is -3.90. The van der Waals surface area contributed by atoms with Gasteiger partial charge in [-0.2, -0.15) is 0 Å². The summed E-state index contributed by atoms with van der Waals surface area (Å²) in [5, 5.41) is 8.69. The average molecular weight is 694 g/mol. The topological polar surface area (TPSA) is 171 Å². The molecule has 4 aliphatic rings. The number of β-lactam (4-membered cyclic amide) rings is 1. The van der Waals surface area contributed by atoms with Crippen molar-refractivity contribution in [3.05, 3.63) is 24.3 Å². The second kappa shape index (κ2) is 14.8. The summed E-state index contributed by atoms with van der Waals surface area (Å²) in [5.41, 5.74) is -1.36. The van der Waals surface area contributed by atoms with Gasteiger partial charge in [-0.15, -0.1) is 0 Å². The minimum Gasteiger partial charge on any atom is -0.347 e. The van der Waals surface area contributed by atoms with Crippen molar-refractivity contribution in [1.29, 1.82) is 0 Å². The molecule has 0 aromatic carbocycles. The van der Waals surface area contributed by atoms with E-state index in [1.807, 2.05) is 48.5 Å². The van der Waals surface area contributed by atoms with E-state index in [0.29, 0.717) is 25.8 Å². The first-order valence-corrected chi connectivity index (χ1v) is 18.5. The molecule has 1 aromatic heterocycles. The number of rotatable bonds is 13. The Balaban J connectivity index is 1.38. The highest BCUT2D eigenvalue weighted by Gasteiger charge is 2.74. The zero-order chi connectivity index (χ0) is 36.5. The minimum absolute atomic E-state index is 0.0483. The Labute approximate surface area is 295 Å². The first-order chi connectivity index (χ1) is 23.6. The van der Waals surface area contributed by atoms with E-state index < -0.39 is 58.6 Å². The molecule has 5 rings (SSSR count). The third-order valence-corrected chi connectivity index (χ3v) is 11.6. The lowest BCUT2D eigenvalue weighted by atomic mass is 9.72. The van der Waals surface area contributed by atoms with Crippen LogP contribution in [0.25, 0.3) is 0 Å². The van der Waals surface area contributed by atoms with Crippen molar-refractivity contribution in [2.75, 3.05) is 6.54 Å². The quantitative estimate of drug-likeness (QED) is 0.209. The summed E-state index contributed by atoms with van der Waals surface area (Å²) in [6.07, 6.45) is 10.9. The van der Waals surface area contributed by atoms with Crippen LogP contribution in [0.4, 0.5) is 0 Å². The van der Waals surface area contributed by atoms with E-state index in [9.17, 15) is 28.8 Å². The van der Waals surface area contributed by atoms with Gasteiger partial charge < -0.3 is 25.8 Å². The van der Waals surface area contributed by atoms with E-state index in [1.54, 1.807) is 9.80 Å². The molecule has 4 fully saturated rings. The number of Topliss-reactive ketones (excluding diaryl/α,β-unsaturated/α-hetero) is 1. The monoisotopic (exact) mass is 693 g/mol. The van der Waals surface area contributed by atoms with Gasteiger partial charge in [0.15, 0.2) is 0 Å². The molecule has 1 aromatic rings. The summed E-state index contributed by atoms with van der Waals surface area (Å²) in [5.74, 6) is -2.95. The molecule has 0 bridgehead atoms. The predicted molar refractivity (Wildman–Crippen MR) is 185 cm³/mol. The Morgan fingerprint density at radius 2 is 1.68 bits per heavy atom. The van der Waals surface area contributed by atoms with Crippen LogP contribution in [-0.2, 0) is 24.0 Å². The number of ketones is 1. The molecule has 1 spiro atoms. The van der Waals surface area contributed by atoms with E-state index in [2.05, 4.69) is 25.9 Å². The lowest BCUT2D eigenvalue weighted by Gasteiger charge is -2.58. The van der Waals surface area contributed by atoms with Crippen molar-refractivity contribution in [3.8, 4) is 0 Å². The fourth-order valence-electron chi connectivity index (χ4n) is 8.65. The summed E-state index contributed by atoms with van der Waals surface area (Å²) >= 11 is 0. The molecule has 274 valence electrons. The first-order valence-electron chi connectivity index (χ1n) is 18.5. The molecule has 5 amide bonds. The number of nitrogens with zero attached hydrogens (tertiary/aromatic N) is 4. The molecule has 1 unspecified atom stereocenters. The van der Waals surface area contributed by atoms with Gasteiger partial charge in [0.25, 0.3) is 11.8 Å². The standard InChI is InChI=1S/C37H55N7O6/c1-8-12-26(28(45)33(48)40-22(4)21(2)3)44-35(50)30-37(44)16-11-15-24(37)20-43(30)34(49)29(36(5,6)7)42-32(47)27(23-13-9-10-14-23)41-31(46)25-19-38-17-18-39-25/h17-19,21-24,26-27,29-30H,8-16,20H2,1-7H3,(H,40,48)(H,41,46)(H,42,47)/t22-,24-,26-,27-,29+,30+,37?/m0/s1. The van der Waals surface area contributed by atoms with E-state index in [0.717, 1.165) is 38.5 Å². The van der Waals surface area contributed by atoms with Gasteiger partial charge in [-0.25, -0.2) is 4.98 Å². The van der Waals surface area contributed by atoms with Crippen molar-refractivity contribution in [1.82, 2.24) is 35.7 Å². The molecule has 13 heteroatoms. The fraction of sp³-hybridized carbons (Fsp3) is 0.730.